The van der Waals surface area contributed by atoms with Crippen LogP contribution in [0.4, 0.5) is 0 Å². The van der Waals surface area contributed by atoms with Crippen LogP contribution in [0, 0.1) is 0 Å². The Bertz CT molecular complexity index is 733. The van der Waals surface area contributed by atoms with Crippen molar-refractivity contribution in [1.82, 2.24) is 4.98 Å². The maximum absolute atomic E-state index is 12.5. The lowest BCUT2D eigenvalue weighted by molar-refractivity contribution is 0.345. The summed E-state index contributed by atoms with van der Waals surface area (Å²) in [5.41, 5.74) is 1.53. The first-order valence-electron chi connectivity index (χ1n) is 6.28. The molecule has 0 amide bonds. The van der Waals surface area contributed by atoms with Gasteiger partial charge in [0, 0.05) is 18.0 Å². The van der Waals surface area contributed by atoms with Crippen molar-refractivity contribution < 1.29 is 13.2 Å². The first-order chi connectivity index (χ1) is 9.67. The summed E-state index contributed by atoms with van der Waals surface area (Å²) in [7, 11) is -3.47. The van der Waals surface area contributed by atoms with Gasteiger partial charge in [0.25, 0.3) is 0 Å². The molecule has 0 aliphatic carbocycles. The number of H-pyrrole nitrogens is 1. The van der Waals surface area contributed by atoms with Crippen LogP contribution >= 0.6 is 0 Å². The highest BCUT2D eigenvalue weighted by Crippen LogP contribution is 2.27. The maximum Gasteiger partial charge on any atom is 0.199 e. The minimum Gasteiger partial charge on any atom is -0.478 e. The summed E-state index contributed by atoms with van der Waals surface area (Å²) in [6.07, 6.45) is 3.20. The molecule has 1 N–H and O–H groups in total. The van der Waals surface area contributed by atoms with Crippen molar-refractivity contribution in [3.8, 4) is 11.1 Å². The fourth-order valence-electron chi connectivity index (χ4n) is 2.16. The fraction of sp³-hybridized carbons (Fsp3) is 0.214. The van der Waals surface area contributed by atoms with Gasteiger partial charge in [-0.25, -0.2) is 8.42 Å². The minimum absolute atomic E-state index is 0.190. The summed E-state index contributed by atoms with van der Waals surface area (Å²) in [5, 5.41) is 0. The smallest absolute Gasteiger partial charge is 0.199 e. The summed E-state index contributed by atoms with van der Waals surface area (Å²) < 4.78 is 30.1. The highest BCUT2D eigenvalue weighted by molar-refractivity contribution is 7.92. The molecule has 3 rings (SSSR count). The second-order valence-corrected chi connectivity index (χ2v) is 6.44. The zero-order valence-corrected chi connectivity index (χ0v) is 11.6. The van der Waals surface area contributed by atoms with Crippen molar-refractivity contribution in [2.75, 3.05) is 18.9 Å². The quantitative estimate of drug-likeness (QED) is 0.934. The summed E-state index contributed by atoms with van der Waals surface area (Å²) in [6, 6.07) is 9.41. The topological polar surface area (TPSA) is 71.5 Å². The zero-order valence-electron chi connectivity index (χ0n) is 10.7. The van der Waals surface area contributed by atoms with Gasteiger partial charge in [0.2, 0.25) is 0 Å². The second kappa shape index (κ2) is 5.13. The number of aliphatic imine (C=N–C) groups is 1. The van der Waals surface area contributed by atoms with E-state index in [9.17, 15) is 8.42 Å². The molecule has 0 unspecified atom stereocenters. The lowest BCUT2D eigenvalue weighted by Crippen LogP contribution is -2.16. The van der Waals surface area contributed by atoms with Gasteiger partial charge in [0.15, 0.2) is 15.7 Å². The number of rotatable bonds is 4. The van der Waals surface area contributed by atoms with Crippen LogP contribution in [-0.4, -0.2) is 38.2 Å². The molecule has 6 heteroatoms. The van der Waals surface area contributed by atoms with E-state index >= 15 is 0 Å². The van der Waals surface area contributed by atoms with E-state index in [0.29, 0.717) is 24.6 Å². The van der Waals surface area contributed by atoms with Crippen molar-refractivity contribution in [1.29, 1.82) is 0 Å². The molecule has 1 aliphatic heterocycles. The molecule has 2 aromatic rings. The Balaban J connectivity index is 1.97. The number of ether oxygens (including phenoxy) is 1. The van der Waals surface area contributed by atoms with E-state index in [-0.39, 0.29) is 10.6 Å². The van der Waals surface area contributed by atoms with Gasteiger partial charge < -0.3 is 9.72 Å². The van der Waals surface area contributed by atoms with Crippen molar-refractivity contribution in [2.45, 2.75) is 4.90 Å². The Morgan fingerprint density at radius 3 is 2.70 bits per heavy atom. The molecule has 0 fully saturated rings. The summed E-state index contributed by atoms with van der Waals surface area (Å²) in [4.78, 5) is 7.19. The highest BCUT2D eigenvalue weighted by Gasteiger charge is 2.24. The Hall–Kier alpha value is -2.08. The van der Waals surface area contributed by atoms with Crippen LogP contribution < -0.4 is 0 Å². The average Bonchev–Trinajstić information content (AvgIpc) is 3.09. The molecular weight excluding hydrogens is 276 g/mol. The van der Waals surface area contributed by atoms with E-state index in [2.05, 4.69) is 9.98 Å². The normalized spacial score (nSPS) is 14.9. The van der Waals surface area contributed by atoms with E-state index in [0.717, 1.165) is 5.56 Å². The standard InChI is InChI=1S/C14H14N2O3S/c17-20(18,10-14-16-6-7-19-14)13-9-15-8-12(13)11-4-2-1-3-5-11/h1-5,8-9,15H,6-7,10H2. The molecule has 104 valence electrons. The van der Waals surface area contributed by atoms with Crippen molar-refractivity contribution in [3.63, 3.8) is 0 Å². The molecular formula is C14H14N2O3S. The highest BCUT2D eigenvalue weighted by atomic mass is 32.2. The van der Waals surface area contributed by atoms with Crippen LogP contribution in [-0.2, 0) is 14.6 Å². The largest absolute Gasteiger partial charge is 0.478 e. The zero-order chi connectivity index (χ0) is 14.0. The van der Waals surface area contributed by atoms with E-state index in [1.54, 1.807) is 6.20 Å². The molecule has 1 aromatic carbocycles. The predicted octanol–water partition coefficient (Wildman–Crippen LogP) is 1.88. The number of benzene rings is 1. The van der Waals surface area contributed by atoms with Crippen LogP contribution in [0.1, 0.15) is 0 Å². The SMILES string of the molecule is O=S(=O)(CC1=NCCO1)c1c[nH]cc1-c1ccccc1. The second-order valence-electron chi connectivity index (χ2n) is 4.48. The molecule has 0 saturated carbocycles. The van der Waals surface area contributed by atoms with E-state index in [4.69, 9.17) is 4.74 Å². The monoisotopic (exact) mass is 290 g/mol. The average molecular weight is 290 g/mol. The van der Waals surface area contributed by atoms with Crippen molar-refractivity contribution >= 4 is 15.7 Å². The van der Waals surface area contributed by atoms with Gasteiger partial charge in [0.05, 0.1) is 11.4 Å². The minimum atomic E-state index is -3.47. The number of nitrogens with zero attached hydrogens (tertiary/aromatic N) is 1. The lowest BCUT2D eigenvalue weighted by Gasteiger charge is -2.06. The Labute approximate surface area is 117 Å². The molecule has 0 saturated heterocycles. The first-order valence-corrected chi connectivity index (χ1v) is 7.93. The molecule has 20 heavy (non-hydrogen) atoms. The third-order valence-corrected chi connectivity index (χ3v) is 4.72. The number of hydrogen-bond acceptors (Lipinski definition) is 4. The van der Waals surface area contributed by atoms with Gasteiger partial charge in [-0.2, -0.15) is 0 Å². The van der Waals surface area contributed by atoms with Crippen LogP contribution in [0.2, 0.25) is 0 Å². The predicted molar refractivity (Wildman–Crippen MR) is 76.5 cm³/mol. The fourth-order valence-corrected chi connectivity index (χ4v) is 3.57. The third kappa shape index (κ3) is 2.46. The maximum atomic E-state index is 12.5. The Kier molecular flexibility index (Phi) is 3.31. The number of hydrogen-bond donors (Lipinski definition) is 1. The number of aromatic nitrogens is 1. The van der Waals surface area contributed by atoms with E-state index in [1.807, 2.05) is 30.3 Å². The number of sulfone groups is 1. The number of nitrogens with one attached hydrogen (secondary N) is 1. The summed E-state index contributed by atoms with van der Waals surface area (Å²) in [6.45, 7) is 0.993. The lowest BCUT2D eigenvalue weighted by atomic mass is 10.1. The van der Waals surface area contributed by atoms with Gasteiger partial charge in [0.1, 0.15) is 12.4 Å². The van der Waals surface area contributed by atoms with Crippen LogP contribution in [0.3, 0.4) is 0 Å². The van der Waals surface area contributed by atoms with E-state index in [1.165, 1.54) is 6.20 Å². The molecule has 5 nitrogen and oxygen atoms in total. The summed E-state index contributed by atoms with van der Waals surface area (Å²) >= 11 is 0. The molecule has 1 aliphatic rings. The first kappa shape index (κ1) is 12.9. The molecule has 1 aromatic heterocycles. The van der Waals surface area contributed by atoms with Crippen molar-refractivity contribution in [3.05, 3.63) is 42.7 Å². The van der Waals surface area contributed by atoms with Gasteiger partial charge in [-0.05, 0) is 5.56 Å². The number of aromatic amines is 1. The summed E-state index contributed by atoms with van der Waals surface area (Å²) in [5.74, 6) is 0.107. The van der Waals surface area contributed by atoms with Crippen LogP contribution in [0.15, 0.2) is 52.6 Å². The van der Waals surface area contributed by atoms with Crippen LogP contribution in [0.25, 0.3) is 11.1 Å². The Morgan fingerprint density at radius 1 is 1.20 bits per heavy atom. The van der Waals surface area contributed by atoms with Gasteiger partial charge in [-0.1, -0.05) is 30.3 Å². The van der Waals surface area contributed by atoms with Gasteiger partial charge in [-0.3, -0.25) is 4.99 Å². The van der Waals surface area contributed by atoms with Crippen molar-refractivity contribution in [2.24, 2.45) is 4.99 Å². The third-order valence-electron chi connectivity index (χ3n) is 3.09. The van der Waals surface area contributed by atoms with Crippen LogP contribution in [0.5, 0.6) is 0 Å². The van der Waals surface area contributed by atoms with Gasteiger partial charge >= 0.3 is 0 Å². The Morgan fingerprint density at radius 2 is 2.00 bits per heavy atom. The van der Waals surface area contributed by atoms with E-state index < -0.39 is 9.84 Å². The molecule has 0 bridgehead atoms. The van der Waals surface area contributed by atoms with Gasteiger partial charge in [-0.15, -0.1) is 0 Å². The molecule has 0 atom stereocenters. The molecule has 2 heterocycles. The molecule has 0 radical (unpaired) electrons. The molecule has 0 spiro atoms.